The van der Waals surface area contributed by atoms with Crippen LogP contribution in [0.1, 0.15) is 30.9 Å². The first-order chi connectivity index (χ1) is 8.72. The predicted octanol–water partition coefficient (Wildman–Crippen LogP) is 1.96. The quantitative estimate of drug-likeness (QED) is 0.881. The molecule has 0 unspecified atom stereocenters. The van der Waals surface area contributed by atoms with Gasteiger partial charge in [-0.25, -0.2) is 0 Å². The Balaban J connectivity index is 1.98. The molecule has 1 heterocycles. The van der Waals surface area contributed by atoms with Crippen LogP contribution in [0.5, 0.6) is 0 Å². The molecular weight excluding hydrogens is 224 g/mol. The Morgan fingerprint density at radius 2 is 2.11 bits per heavy atom. The van der Waals surface area contributed by atoms with Gasteiger partial charge >= 0.3 is 0 Å². The molecule has 0 saturated heterocycles. The molecule has 0 radical (unpaired) electrons. The average molecular weight is 246 g/mol. The fraction of sp³-hybridized carbons (Fsp3) is 0.533. The van der Waals surface area contributed by atoms with E-state index in [1.807, 2.05) is 18.0 Å². The summed E-state index contributed by atoms with van der Waals surface area (Å²) in [6, 6.07) is 8.30. The molecule has 0 fully saturated rings. The Hall–Kier alpha value is -1.35. The van der Waals surface area contributed by atoms with Crippen LogP contribution in [0.4, 0.5) is 0 Å². The zero-order chi connectivity index (χ0) is 13.0. The lowest BCUT2D eigenvalue weighted by Gasteiger charge is -2.29. The van der Waals surface area contributed by atoms with Crippen LogP contribution in [0.3, 0.4) is 0 Å². The van der Waals surface area contributed by atoms with Gasteiger partial charge in [0.05, 0.1) is 6.04 Å². The van der Waals surface area contributed by atoms with E-state index in [0.29, 0.717) is 0 Å². The molecule has 0 aromatic heterocycles. The van der Waals surface area contributed by atoms with Gasteiger partial charge in [0.2, 0.25) is 5.91 Å². The zero-order valence-corrected chi connectivity index (χ0v) is 11.3. The van der Waals surface area contributed by atoms with E-state index in [0.717, 1.165) is 32.4 Å². The molecule has 1 aromatic carbocycles. The maximum absolute atomic E-state index is 12.3. The molecule has 0 aliphatic carbocycles. The van der Waals surface area contributed by atoms with E-state index in [-0.39, 0.29) is 11.9 Å². The second-order valence-corrected chi connectivity index (χ2v) is 5.02. The number of carbonyl (C=O) groups excluding carboxylic acids is 1. The van der Waals surface area contributed by atoms with E-state index >= 15 is 0 Å². The number of nitrogens with one attached hydrogen (secondary N) is 1. The Morgan fingerprint density at radius 1 is 1.39 bits per heavy atom. The van der Waals surface area contributed by atoms with Crippen molar-refractivity contribution in [2.45, 2.75) is 38.8 Å². The Bertz CT molecular complexity index is 417. The minimum absolute atomic E-state index is 0.0539. The maximum atomic E-state index is 12.3. The molecule has 1 amide bonds. The smallest absolute Gasteiger partial charge is 0.239 e. The molecule has 1 aliphatic rings. The lowest BCUT2D eigenvalue weighted by atomic mass is 9.95. The molecule has 98 valence electrons. The first kappa shape index (κ1) is 13.1. The minimum Gasteiger partial charge on any atom is -0.344 e. The highest BCUT2D eigenvalue weighted by molar-refractivity contribution is 5.82. The molecule has 1 atom stereocenters. The third-order valence-corrected chi connectivity index (χ3v) is 3.60. The maximum Gasteiger partial charge on any atom is 0.239 e. The van der Waals surface area contributed by atoms with Crippen LogP contribution in [-0.4, -0.2) is 30.4 Å². The highest BCUT2D eigenvalue weighted by Gasteiger charge is 2.25. The number of nitrogens with zero attached hydrogens (tertiary/aromatic N) is 1. The number of hydrogen-bond acceptors (Lipinski definition) is 2. The number of rotatable bonds is 4. The summed E-state index contributed by atoms with van der Waals surface area (Å²) in [7, 11) is 1.90. The van der Waals surface area contributed by atoms with Crippen molar-refractivity contribution in [1.29, 1.82) is 0 Å². The van der Waals surface area contributed by atoms with Crippen LogP contribution in [0.15, 0.2) is 24.3 Å². The number of amides is 1. The van der Waals surface area contributed by atoms with Crippen molar-refractivity contribution >= 4 is 5.91 Å². The van der Waals surface area contributed by atoms with Crippen molar-refractivity contribution in [1.82, 2.24) is 10.2 Å². The monoisotopic (exact) mass is 246 g/mol. The SMILES string of the molecule is CCCCN(C)C(=O)[C@@H]1Cc2ccccc2CN1. The topological polar surface area (TPSA) is 32.3 Å². The first-order valence-electron chi connectivity index (χ1n) is 6.77. The van der Waals surface area contributed by atoms with Crippen molar-refractivity contribution in [2.75, 3.05) is 13.6 Å². The number of likely N-dealkylation sites (N-methyl/N-ethyl adjacent to an activating group) is 1. The standard InChI is InChI=1S/C15H22N2O/c1-3-4-9-17(2)15(18)14-10-12-7-5-6-8-13(12)11-16-14/h5-8,14,16H,3-4,9-11H2,1-2H3/t14-/m0/s1. The van der Waals surface area contributed by atoms with Crippen LogP contribution < -0.4 is 5.32 Å². The molecule has 3 heteroatoms. The molecule has 1 aromatic rings. The molecule has 0 saturated carbocycles. The van der Waals surface area contributed by atoms with Gasteiger partial charge in [-0.1, -0.05) is 37.6 Å². The van der Waals surface area contributed by atoms with Gasteiger partial charge in [-0.15, -0.1) is 0 Å². The van der Waals surface area contributed by atoms with Gasteiger partial charge in [-0.05, 0) is 24.0 Å². The predicted molar refractivity (Wildman–Crippen MR) is 73.3 cm³/mol. The summed E-state index contributed by atoms with van der Waals surface area (Å²) in [5.41, 5.74) is 2.62. The van der Waals surface area contributed by atoms with E-state index in [1.165, 1.54) is 11.1 Å². The third kappa shape index (κ3) is 2.91. The van der Waals surface area contributed by atoms with Gasteiger partial charge in [0, 0.05) is 20.1 Å². The van der Waals surface area contributed by atoms with Gasteiger partial charge in [0.15, 0.2) is 0 Å². The highest BCUT2D eigenvalue weighted by atomic mass is 16.2. The largest absolute Gasteiger partial charge is 0.344 e. The normalized spacial score (nSPS) is 18.2. The van der Waals surface area contributed by atoms with Crippen molar-refractivity contribution in [2.24, 2.45) is 0 Å². The highest BCUT2D eigenvalue weighted by Crippen LogP contribution is 2.17. The van der Waals surface area contributed by atoms with Crippen molar-refractivity contribution in [3.05, 3.63) is 35.4 Å². The van der Waals surface area contributed by atoms with Gasteiger partial charge in [0.1, 0.15) is 0 Å². The van der Waals surface area contributed by atoms with Crippen molar-refractivity contribution in [3.8, 4) is 0 Å². The fourth-order valence-corrected chi connectivity index (χ4v) is 2.40. The molecular formula is C15H22N2O. The van der Waals surface area contributed by atoms with Crippen molar-refractivity contribution < 1.29 is 4.79 Å². The number of fused-ring (bicyclic) bond motifs is 1. The third-order valence-electron chi connectivity index (χ3n) is 3.60. The molecule has 0 bridgehead atoms. The molecule has 1 N–H and O–H groups in total. The van der Waals surface area contributed by atoms with Gasteiger partial charge in [0.25, 0.3) is 0 Å². The molecule has 1 aliphatic heterocycles. The van der Waals surface area contributed by atoms with Crippen LogP contribution in [0, 0.1) is 0 Å². The van der Waals surface area contributed by atoms with Crippen molar-refractivity contribution in [3.63, 3.8) is 0 Å². The Morgan fingerprint density at radius 3 is 2.83 bits per heavy atom. The molecule has 0 spiro atoms. The Kier molecular flexibility index (Phi) is 4.37. The summed E-state index contributed by atoms with van der Waals surface area (Å²) in [6.07, 6.45) is 3.01. The molecule has 2 rings (SSSR count). The van der Waals surface area contributed by atoms with Crippen LogP contribution >= 0.6 is 0 Å². The van der Waals surface area contributed by atoms with Crippen LogP contribution in [0.2, 0.25) is 0 Å². The minimum atomic E-state index is -0.0539. The summed E-state index contributed by atoms with van der Waals surface area (Å²) in [4.78, 5) is 14.1. The summed E-state index contributed by atoms with van der Waals surface area (Å²) < 4.78 is 0. The fourth-order valence-electron chi connectivity index (χ4n) is 2.40. The number of benzene rings is 1. The number of carbonyl (C=O) groups is 1. The van der Waals surface area contributed by atoms with E-state index in [1.54, 1.807) is 0 Å². The Labute approximate surface area is 109 Å². The molecule has 18 heavy (non-hydrogen) atoms. The lowest BCUT2D eigenvalue weighted by Crippen LogP contribution is -2.48. The average Bonchev–Trinajstić information content (AvgIpc) is 2.43. The summed E-state index contributed by atoms with van der Waals surface area (Å²) in [6.45, 7) is 3.80. The number of hydrogen-bond donors (Lipinski definition) is 1. The second-order valence-electron chi connectivity index (χ2n) is 5.02. The molecule has 3 nitrogen and oxygen atoms in total. The first-order valence-corrected chi connectivity index (χ1v) is 6.77. The summed E-state index contributed by atoms with van der Waals surface area (Å²) in [5, 5.41) is 3.34. The van der Waals surface area contributed by atoms with Gasteiger partial charge in [-0.3, -0.25) is 4.79 Å². The second kappa shape index (κ2) is 6.01. The van der Waals surface area contributed by atoms with Gasteiger partial charge in [-0.2, -0.15) is 0 Å². The summed E-state index contributed by atoms with van der Waals surface area (Å²) in [5.74, 6) is 0.220. The van der Waals surface area contributed by atoms with Crippen LogP contribution in [0.25, 0.3) is 0 Å². The lowest BCUT2D eigenvalue weighted by molar-refractivity contribution is -0.132. The number of unbranched alkanes of at least 4 members (excludes halogenated alkanes) is 1. The summed E-state index contributed by atoms with van der Waals surface area (Å²) >= 11 is 0. The van der Waals surface area contributed by atoms with E-state index < -0.39 is 0 Å². The van der Waals surface area contributed by atoms with E-state index in [2.05, 4.69) is 30.4 Å². The van der Waals surface area contributed by atoms with E-state index in [9.17, 15) is 4.79 Å². The zero-order valence-electron chi connectivity index (χ0n) is 11.3. The van der Waals surface area contributed by atoms with E-state index in [4.69, 9.17) is 0 Å². The van der Waals surface area contributed by atoms with Gasteiger partial charge < -0.3 is 10.2 Å². The van der Waals surface area contributed by atoms with Crippen LogP contribution in [-0.2, 0) is 17.8 Å².